The largest absolute Gasteiger partial charge is 0.508 e. The Morgan fingerprint density at radius 1 is 1.32 bits per heavy atom. The first-order chi connectivity index (χ1) is 8.93. The minimum Gasteiger partial charge on any atom is -0.508 e. The second-order valence-corrected chi connectivity index (χ2v) is 4.15. The number of methoxy groups -OCH3 is 1. The Morgan fingerprint density at radius 2 is 1.89 bits per heavy atom. The van der Waals surface area contributed by atoms with Crippen LogP contribution in [0.4, 0.5) is 0 Å². The number of nitrogens with one attached hydrogen (secondary N) is 1. The van der Waals surface area contributed by atoms with E-state index < -0.39 is 24.0 Å². The molecule has 0 heterocycles. The Hall–Kier alpha value is -2.08. The molecule has 1 aromatic carbocycles. The highest BCUT2D eigenvalue weighted by molar-refractivity contribution is 5.86. The van der Waals surface area contributed by atoms with Gasteiger partial charge in [-0.2, -0.15) is 0 Å². The topological polar surface area (TPSA) is 95.9 Å². The van der Waals surface area contributed by atoms with Crippen molar-refractivity contribution in [1.82, 2.24) is 5.32 Å². The number of aromatic hydroxyl groups is 1. The number of amides is 1. The first-order valence-corrected chi connectivity index (χ1v) is 5.78. The van der Waals surface area contributed by atoms with Crippen molar-refractivity contribution in [3.63, 3.8) is 0 Å². The SMILES string of the molecule is COC(C)C(=O)N[C@@H](Cc1ccc(O)cc1)C(=O)O. The van der Waals surface area contributed by atoms with Gasteiger partial charge in [-0.3, -0.25) is 4.79 Å². The molecule has 0 bridgehead atoms. The molecule has 0 saturated carbocycles. The fourth-order valence-corrected chi connectivity index (χ4v) is 1.46. The van der Waals surface area contributed by atoms with Gasteiger partial charge in [0.1, 0.15) is 17.9 Å². The minimum absolute atomic E-state index is 0.104. The Morgan fingerprint density at radius 3 is 2.37 bits per heavy atom. The second-order valence-electron chi connectivity index (χ2n) is 4.15. The average Bonchev–Trinajstić information content (AvgIpc) is 2.39. The van der Waals surface area contributed by atoms with Gasteiger partial charge < -0.3 is 20.3 Å². The Bertz CT molecular complexity index is 443. The molecule has 0 fully saturated rings. The van der Waals surface area contributed by atoms with E-state index in [1.807, 2.05) is 0 Å². The molecule has 0 aliphatic carbocycles. The van der Waals surface area contributed by atoms with Gasteiger partial charge >= 0.3 is 5.97 Å². The summed E-state index contributed by atoms with van der Waals surface area (Å²) in [5, 5.41) is 20.6. The highest BCUT2D eigenvalue weighted by atomic mass is 16.5. The molecule has 6 heteroatoms. The molecule has 0 aromatic heterocycles. The predicted octanol–water partition coefficient (Wildman–Crippen LogP) is 0.539. The van der Waals surface area contributed by atoms with Crippen molar-refractivity contribution in [1.29, 1.82) is 0 Å². The number of rotatable bonds is 6. The van der Waals surface area contributed by atoms with Crippen molar-refractivity contribution in [3.05, 3.63) is 29.8 Å². The summed E-state index contributed by atoms with van der Waals surface area (Å²) < 4.78 is 4.82. The number of hydrogen-bond acceptors (Lipinski definition) is 4. The van der Waals surface area contributed by atoms with Crippen molar-refractivity contribution in [2.24, 2.45) is 0 Å². The third kappa shape index (κ3) is 4.59. The third-order valence-corrected chi connectivity index (χ3v) is 2.71. The molecular weight excluding hydrogens is 250 g/mol. The summed E-state index contributed by atoms with van der Waals surface area (Å²) >= 11 is 0. The first-order valence-electron chi connectivity index (χ1n) is 5.78. The van der Waals surface area contributed by atoms with Gasteiger partial charge in [-0.25, -0.2) is 4.79 Å². The normalized spacial score (nSPS) is 13.6. The minimum atomic E-state index is -1.12. The molecule has 19 heavy (non-hydrogen) atoms. The summed E-state index contributed by atoms with van der Waals surface area (Å²) in [6.07, 6.45) is -0.570. The molecule has 1 unspecified atom stereocenters. The number of aliphatic carboxylic acids is 1. The number of benzene rings is 1. The van der Waals surface area contributed by atoms with Gasteiger partial charge in [-0.15, -0.1) is 0 Å². The summed E-state index contributed by atoms with van der Waals surface area (Å²) in [5.41, 5.74) is 0.704. The van der Waals surface area contributed by atoms with Gasteiger partial charge in [0.15, 0.2) is 0 Å². The van der Waals surface area contributed by atoms with E-state index in [0.717, 1.165) is 0 Å². The van der Waals surface area contributed by atoms with Gasteiger partial charge in [0.2, 0.25) is 5.91 Å². The summed E-state index contributed by atoms with van der Waals surface area (Å²) in [5.74, 6) is -1.49. The quantitative estimate of drug-likeness (QED) is 0.699. The number of carbonyl (C=O) groups excluding carboxylic acids is 1. The molecule has 3 N–H and O–H groups in total. The van der Waals surface area contributed by atoms with Crippen molar-refractivity contribution in [2.75, 3.05) is 7.11 Å². The number of carbonyl (C=O) groups is 2. The van der Waals surface area contributed by atoms with E-state index in [-0.39, 0.29) is 12.2 Å². The van der Waals surface area contributed by atoms with E-state index in [1.54, 1.807) is 12.1 Å². The van der Waals surface area contributed by atoms with Crippen LogP contribution in [0.25, 0.3) is 0 Å². The number of ether oxygens (including phenoxy) is 1. The van der Waals surface area contributed by atoms with Crippen LogP contribution >= 0.6 is 0 Å². The maximum atomic E-state index is 11.6. The van der Waals surface area contributed by atoms with Gasteiger partial charge in [0, 0.05) is 13.5 Å². The molecule has 0 aliphatic rings. The zero-order valence-corrected chi connectivity index (χ0v) is 10.8. The first kappa shape index (κ1) is 15.0. The fourth-order valence-electron chi connectivity index (χ4n) is 1.46. The standard InChI is InChI=1S/C13H17NO5/c1-8(19-2)12(16)14-11(13(17)18)7-9-3-5-10(15)6-4-9/h3-6,8,11,15H,7H2,1-2H3,(H,14,16)(H,17,18)/t8?,11-/m0/s1. The van der Waals surface area contributed by atoms with Crippen LogP contribution in [0.2, 0.25) is 0 Å². The highest BCUT2D eigenvalue weighted by Crippen LogP contribution is 2.11. The molecule has 2 atom stereocenters. The van der Waals surface area contributed by atoms with Crippen molar-refractivity contribution < 1.29 is 24.5 Å². The number of phenolic OH excluding ortho intramolecular Hbond substituents is 1. The molecule has 0 spiro atoms. The smallest absolute Gasteiger partial charge is 0.326 e. The maximum Gasteiger partial charge on any atom is 0.326 e. The summed E-state index contributed by atoms with van der Waals surface area (Å²) in [6, 6.07) is 5.12. The zero-order valence-electron chi connectivity index (χ0n) is 10.8. The van der Waals surface area contributed by atoms with Crippen LogP contribution in [0.5, 0.6) is 5.75 Å². The van der Waals surface area contributed by atoms with E-state index >= 15 is 0 Å². The van der Waals surface area contributed by atoms with Crippen molar-refractivity contribution >= 4 is 11.9 Å². The lowest BCUT2D eigenvalue weighted by molar-refractivity contribution is -0.143. The molecular formula is C13H17NO5. The van der Waals surface area contributed by atoms with Gasteiger partial charge in [-0.1, -0.05) is 12.1 Å². The number of carboxylic acids is 1. The zero-order chi connectivity index (χ0) is 14.4. The fraction of sp³-hybridized carbons (Fsp3) is 0.385. The average molecular weight is 267 g/mol. The number of carboxylic acid groups (broad SMARTS) is 1. The number of hydrogen-bond donors (Lipinski definition) is 3. The van der Waals surface area contributed by atoms with E-state index in [2.05, 4.69) is 5.32 Å². The maximum absolute atomic E-state index is 11.6. The second kappa shape index (κ2) is 6.75. The molecule has 1 amide bonds. The van der Waals surface area contributed by atoms with Crippen LogP contribution in [-0.4, -0.2) is 41.3 Å². The van der Waals surface area contributed by atoms with Gasteiger partial charge in [0.05, 0.1) is 0 Å². The van der Waals surface area contributed by atoms with E-state index in [0.29, 0.717) is 5.56 Å². The van der Waals surface area contributed by atoms with Crippen LogP contribution in [-0.2, 0) is 20.7 Å². The summed E-state index contributed by atoms with van der Waals surface area (Å²) in [4.78, 5) is 22.7. The monoisotopic (exact) mass is 267 g/mol. The summed E-state index contributed by atoms with van der Waals surface area (Å²) in [6.45, 7) is 1.54. The molecule has 6 nitrogen and oxygen atoms in total. The van der Waals surface area contributed by atoms with E-state index in [9.17, 15) is 9.59 Å². The summed E-state index contributed by atoms with van der Waals surface area (Å²) in [7, 11) is 1.37. The van der Waals surface area contributed by atoms with Crippen LogP contribution in [0, 0.1) is 0 Å². The number of phenols is 1. The molecule has 1 rings (SSSR count). The third-order valence-electron chi connectivity index (χ3n) is 2.71. The molecule has 0 radical (unpaired) electrons. The Labute approximate surface area is 111 Å². The molecule has 0 saturated heterocycles. The van der Waals surface area contributed by atoms with E-state index in [4.69, 9.17) is 14.9 Å². The van der Waals surface area contributed by atoms with Gasteiger partial charge in [0.25, 0.3) is 0 Å². The van der Waals surface area contributed by atoms with Crippen LogP contribution < -0.4 is 5.32 Å². The molecule has 0 aliphatic heterocycles. The highest BCUT2D eigenvalue weighted by Gasteiger charge is 2.23. The molecule has 104 valence electrons. The van der Waals surface area contributed by atoms with Crippen molar-refractivity contribution in [3.8, 4) is 5.75 Å². The Kier molecular flexibility index (Phi) is 5.32. The lowest BCUT2D eigenvalue weighted by Gasteiger charge is -2.17. The van der Waals surface area contributed by atoms with Crippen LogP contribution in [0.15, 0.2) is 24.3 Å². The lowest BCUT2D eigenvalue weighted by atomic mass is 10.1. The lowest BCUT2D eigenvalue weighted by Crippen LogP contribution is -2.46. The molecule has 1 aromatic rings. The van der Waals surface area contributed by atoms with E-state index in [1.165, 1.54) is 26.2 Å². The van der Waals surface area contributed by atoms with Crippen LogP contribution in [0.1, 0.15) is 12.5 Å². The van der Waals surface area contributed by atoms with Crippen LogP contribution in [0.3, 0.4) is 0 Å². The van der Waals surface area contributed by atoms with Crippen molar-refractivity contribution in [2.45, 2.75) is 25.5 Å². The predicted molar refractivity (Wildman–Crippen MR) is 67.8 cm³/mol. The Balaban J connectivity index is 2.71. The van der Waals surface area contributed by atoms with Gasteiger partial charge in [-0.05, 0) is 24.6 Å².